The van der Waals surface area contributed by atoms with Crippen molar-refractivity contribution < 1.29 is 9.59 Å². The van der Waals surface area contributed by atoms with E-state index < -0.39 is 0 Å². The molecule has 26 heavy (non-hydrogen) atoms. The number of halogens is 1. The van der Waals surface area contributed by atoms with Gasteiger partial charge in [-0.15, -0.1) is 0 Å². The minimum Gasteiger partial charge on any atom is -0.352 e. The average Bonchev–Trinajstić information content (AvgIpc) is 2.61. The minimum atomic E-state index is -0.161. The zero-order valence-electron chi connectivity index (χ0n) is 15.1. The molecule has 0 aliphatic rings. The molecule has 0 fully saturated rings. The van der Waals surface area contributed by atoms with Crippen molar-refractivity contribution in [1.29, 1.82) is 0 Å². The number of carbonyl (C=O) groups is 2. The molecule has 138 valence electrons. The maximum Gasteiger partial charge on any atom is 0.251 e. The third-order valence-electron chi connectivity index (χ3n) is 3.84. The van der Waals surface area contributed by atoms with Crippen LogP contribution in [0.1, 0.15) is 26.3 Å². The van der Waals surface area contributed by atoms with E-state index in [2.05, 4.69) is 10.6 Å². The minimum absolute atomic E-state index is 0.139. The average molecular weight is 374 g/mol. The largest absolute Gasteiger partial charge is 0.352 e. The molecule has 0 bridgehead atoms. The molecule has 0 spiro atoms. The second-order valence-corrected chi connectivity index (χ2v) is 6.71. The van der Waals surface area contributed by atoms with E-state index in [9.17, 15) is 9.59 Å². The summed E-state index contributed by atoms with van der Waals surface area (Å²) in [7, 11) is 3.90. The molecule has 2 aromatic carbocycles. The maximum absolute atomic E-state index is 12.2. The maximum atomic E-state index is 12.2. The van der Waals surface area contributed by atoms with Gasteiger partial charge in [0.05, 0.1) is 0 Å². The number of likely N-dealkylation sites (N-methyl/N-ethyl adjacent to an activating group) is 1. The molecule has 0 saturated heterocycles. The number of nitrogens with one attached hydrogen (secondary N) is 2. The molecule has 2 N–H and O–H groups in total. The smallest absolute Gasteiger partial charge is 0.251 e. The standard InChI is InChI=1S/C20H24ClN3O2/c1-24(2)13-12-23-20(26)17-8-6-16(7-9-17)19(25)22-11-10-15-4-3-5-18(21)14-15/h3-9,14H,10-13H2,1-2H3,(H,22,25)(H,23,26). The first kappa shape index (κ1) is 19.9. The molecule has 0 aliphatic heterocycles. The molecule has 0 aromatic heterocycles. The highest BCUT2D eigenvalue weighted by molar-refractivity contribution is 6.30. The number of hydrogen-bond donors (Lipinski definition) is 2. The van der Waals surface area contributed by atoms with Crippen LogP contribution in [0.5, 0.6) is 0 Å². The van der Waals surface area contributed by atoms with Crippen molar-refractivity contribution in [3.05, 3.63) is 70.2 Å². The summed E-state index contributed by atoms with van der Waals surface area (Å²) in [5.74, 6) is -0.300. The summed E-state index contributed by atoms with van der Waals surface area (Å²) in [6, 6.07) is 14.2. The zero-order valence-corrected chi connectivity index (χ0v) is 15.8. The van der Waals surface area contributed by atoms with Gasteiger partial charge in [0.2, 0.25) is 0 Å². The van der Waals surface area contributed by atoms with Crippen LogP contribution in [0.4, 0.5) is 0 Å². The number of carbonyl (C=O) groups excluding carboxylic acids is 2. The molecule has 0 heterocycles. The molecular weight excluding hydrogens is 350 g/mol. The zero-order chi connectivity index (χ0) is 18.9. The van der Waals surface area contributed by atoms with Crippen molar-refractivity contribution in [3.63, 3.8) is 0 Å². The summed E-state index contributed by atoms with van der Waals surface area (Å²) in [5.41, 5.74) is 2.14. The van der Waals surface area contributed by atoms with E-state index in [1.165, 1.54) is 0 Å². The van der Waals surface area contributed by atoms with Gasteiger partial charge in [0, 0.05) is 35.8 Å². The summed E-state index contributed by atoms with van der Waals surface area (Å²) < 4.78 is 0. The molecule has 0 radical (unpaired) electrons. The van der Waals surface area contributed by atoms with Crippen LogP contribution in [-0.2, 0) is 6.42 Å². The molecule has 0 unspecified atom stereocenters. The van der Waals surface area contributed by atoms with Crippen LogP contribution in [0, 0.1) is 0 Å². The summed E-state index contributed by atoms with van der Waals surface area (Å²) in [6.45, 7) is 1.88. The monoisotopic (exact) mass is 373 g/mol. The number of amides is 2. The highest BCUT2D eigenvalue weighted by Gasteiger charge is 2.08. The Morgan fingerprint density at radius 2 is 1.50 bits per heavy atom. The molecule has 0 atom stereocenters. The second kappa shape index (κ2) is 9.94. The van der Waals surface area contributed by atoms with Crippen molar-refractivity contribution in [1.82, 2.24) is 15.5 Å². The molecular formula is C20H24ClN3O2. The third kappa shape index (κ3) is 6.50. The Hall–Kier alpha value is -2.37. The van der Waals surface area contributed by atoms with E-state index in [0.29, 0.717) is 35.7 Å². The van der Waals surface area contributed by atoms with E-state index in [1.54, 1.807) is 24.3 Å². The van der Waals surface area contributed by atoms with Crippen LogP contribution in [-0.4, -0.2) is 50.4 Å². The molecule has 2 aromatic rings. The summed E-state index contributed by atoms with van der Waals surface area (Å²) >= 11 is 5.95. The van der Waals surface area contributed by atoms with Gasteiger partial charge >= 0.3 is 0 Å². The van der Waals surface area contributed by atoms with Crippen molar-refractivity contribution in [2.24, 2.45) is 0 Å². The Balaban J connectivity index is 1.81. The van der Waals surface area contributed by atoms with E-state index in [4.69, 9.17) is 11.6 Å². The fourth-order valence-electron chi connectivity index (χ4n) is 2.38. The van der Waals surface area contributed by atoms with E-state index in [0.717, 1.165) is 12.1 Å². The normalized spacial score (nSPS) is 10.6. The van der Waals surface area contributed by atoms with Gasteiger partial charge < -0.3 is 15.5 Å². The van der Waals surface area contributed by atoms with Gasteiger partial charge in [0.15, 0.2) is 0 Å². The quantitative estimate of drug-likeness (QED) is 0.747. The number of rotatable bonds is 8. The molecule has 6 heteroatoms. The Bertz CT molecular complexity index is 745. The van der Waals surface area contributed by atoms with Crippen LogP contribution in [0.3, 0.4) is 0 Å². The lowest BCUT2D eigenvalue weighted by Gasteiger charge is -2.10. The van der Waals surface area contributed by atoms with Gasteiger partial charge in [-0.25, -0.2) is 0 Å². The predicted octanol–water partition coefficient (Wildman–Crippen LogP) is 2.60. The van der Waals surface area contributed by atoms with Crippen LogP contribution in [0.2, 0.25) is 5.02 Å². The SMILES string of the molecule is CN(C)CCNC(=O)c1ccc(C(=O)NCCc2cccc(Cl)c2)cc1. The van der Waals surface area contributed by atoms with E-state index in [-0.39, 0.29) is 11.8 Å². The fraction of sp³-hybridized carbons (Fsp3) is 0.300. The van der Waals surface area contributed by atoms with Crippen LogP contribution < -0.4 is 10.6 Å². The molecule has 0 aliphatic carbocycles. The summed E-state index contributed by atoms with van der Waals surface area (Å²) in [5, 5.41) is 6.41. The Morgan fingerprint density at radius 1 is 0.923 bits per heavy atom. The van der Waals surface area contributed by atoms with E-state index in [1.807, 2.05) is 43.3 Å². The van der Waals surface area contributed by atoms with Gasteiger partial charge in [-0.05, 0) is 62.5 Å². The van der Waals surface area contributed by atoms with E-state index >= 15 is 0 Å². The molecule has 0 saturated carbocycles. The number of hydrogen-bond acceptors (Lipinski definition) is 3. The van der Waals surface area contributed by atoms with Crippen LogP contribution >= 0.6 is 11.6 Å². The highest BCUT2D eigenvalue weighted by atomic mass is 35.5. The second-order valence-electron chi connectivity index (χ2n) is 6.27. The van der Waals surface area contributed by atoms with Crippen molar-refractivity contribution >= 4 is 23.4 Å². The highest BCUT2D eigenvalue weighted by Crippen LogP contribution is 2.11. The van der Waals surface area contributed by atoms with Crippen molar-refractivity contribution in [3.8, 4) is 0 Å². The Labute approximate surface area is 159 Å². The van der Waals surface area contributed by atoms with Gasteiger partial charge in [0.25, 0.3) is 11.8 Å². The lowest BCUT2D eigenvalue weighted by atomic mass is 10.1. The Kier molecular flexibility index (Phi) is 7.63. The lowest BCUT2D eigenvalue weighted by Crippen LogP contribution is -2.31. The topological polar surface area (TPSA) is 61.4 Å². The van der Waals surface area contributed by atoms with Gasteiger partial charge in [0.1, 0.15) is 0 Å². The fourth-order valence-corrected chi connectivity index (χ4v) is 2.60. The predicted molar refractivity (Wildman–Crippen MR) is 105 cm³/mol. The number of benzene rings is 2. The number of nitrogens with zero attached hydrogens (tertiary/aromatic N) is 1. The summed E-state index contributed by atoms with van der Waals surface area (Å²) in [6.07, 6.45) is 0.707. The van der Waals surface area contributed by atoms with Crippen molar-refractivity contribution in [2.45, 2.75) is 6.42 Å². The third-order valence-corrected chi connectivity index (χ3v) is 4.08. The van der Waals surface area contributed by atoms with Crippen molar-refractivity contribution in [2.75, 3.05) is 33.7 Å². The molecule has 5 nitrogen and oxygen atoms in total. The molecule has 2 amide bonds. The van der Waals surface area contributed by atoms with Gasteiger partial charge in [-0.3, -0.25) is 9.59 Å². The van der Waals surface area contributed by atoms with Gasteiger partial charge in [-0.1, -0.05) is 23.7 Å². The van der Waals surface area contributed by atoms with Crippen LogP contribution in [0.15, 0.2) is 48.5 Å². The lowest BCUT2D eigenvalue weighted by molar-refractivity contribution is 0.0940. The van der Waals surface area contributed by atoms with Gasteiger partial charge in [-0.2, -0.15) is 0 Å². The Morgan fingerprint density at radius 3 is 2.04 bits per heavy atom. The first-order chi connectivity index (χ1) is 12.5. The molecule has 2 rings (SSSR count). The van der Waals surface area contributed by atoms with Crippen LogP contribution in [0.25, 0.3) is 0 Å². The first-order valence-corrected chi connectivity index (χ1v) is 8.89. The first-order valence-electron chi connectivity index (χ1n) is 8.51. The summed E-state index contributed by atoms with van der Waals surface area (Å²) in [4.78, 5) is 26.2.